The molecule has 1 saturated heterocycles. The number of ether oxygens (including phenoxy) is 2. The topological polar surface area (TPSA) is 138 Å². The third-order valence-corrected chi connectivity index (χ3v) is 8.79. The number of carbonyl (C=O) groups is 2. The Balaban J connectivity index is 1.23. The molecule has 1 fully saturated rings. The predicted octanol–water partition coefficient (Wildman–Crippen LogP) is 5.61. The van der Waals surface area contributed by atoms with Gasteiger partial charge in [0.25, 0.3) is 0 Å². The molecule has 5 rings (SSSR count). The zero-order chi connectivity index (χ0) is 32.1. The minimum atomic E-state index is -0.572. The van der Waals surface area contributed by atoms with Gasteiger partial charge in [-0.3, -0.25) is 14.7 Å². The van der Waals surface area contributed by atoms with E-state index in [1.165, 1.54) is 13.3 Å². The van der Waals surface area contributed by atoms with Crippen molar-refractivity contribution >= 4 is 23.6 Å². The van der Waals surface area contributed by atoms with Gasteiger partial charge in [-0.1, -0.05) is 78.8 Å². The number of nitrogens with one attached hydrogen (secondary N) is 3. The summed E-state index contributed by atoms with van der Waals surface area (Å²) >= 11 is 1.56. The Hall–Kier alpha value is -4.03. The predicted molar refractivity (Wildman–Crippen MR) is 176 cm³/mol. The van der Waals surface area contributed by atoms with Crippen molar-refractivity contribution in [3.8, 4) is 11.1 Å². The third-order valence-electron chi connectivity index (χ3n) is 7.78. The molecule has 0 spiro atoms. The lowest BCUT2D eigenvalue weighted by Crippen LogP contribution is -2.31. The van der Waals surface area contributed by atoms with Gasteiger partial charge < -0.3 is 25.2 Å². The number of rotatable bonds is 15. The number of aromatic amines is 1. The van der Waals surface area contributed by atoms with Crippen molar-refractivity contribution in [2.24, 2.45) is 0 Å². The average molecular weight is 644 g/mol. The van der Waals surface area contributed by atoms with Crippen LogP contribution in [0.25, 0.3) is 11.1 Å². The molecular formula is C35H41N5O5S. The van der Waals surface area contributed by atoms with Crippen molar-refractivity contribution in [3.63, 3.8) is 0 Å². The first-order valence-electron chi connectivity index (χ1n) is 15.7. The van der Waals surface area contributed by atoms with E-state index < -0.39 is 6.29 Å². The first kappa shape index (κ1) is 33.3. The monoisotopic (exact) mass is 643 g/mol. The first-order chi connectivity index (χ1) is 22.5. The summed E-state index contributed by atoms with van der Waals surface area (Å²) in [5.74, 6) is 0.681. The molecule has 0 radical (unpaired) electrons. The minimum absolute atomic E-state index is 0.00350. The number of hydrogen-bond donors (Lipinski definition) is 4. The van der Waals surface area contributed by atoms with Crippen LogP contribution < -0.4 is 10.6 Å². The second kappa shape index (κ2) is 17.0. The van der Waals surface area contributed by atoms with E-state index in [1.807, 2.05) is 48.5 Å². The highest BCUT2D eigenvalue weighted by Crippen LogP contribution is 2.40. The number of aromatic nitrogens is 3. The molecule has 0 aliphatic carbocycles. The molecule has 1 aromatic heterocycles. The molecule has 0 saturated carbocycles. The number of thioether (sulfide) groups is 1. The number of carbonyl (C=O) groups excluding carboxylic acids is 2. The van der Waals surface area contributed by atoms with Crippen molar-refractivity contribution in [2.75, 3.05) is 12.3 Å². The van der Waals surface area contributed by atoms with Gasteiger partial charge >= 0.3 is 0 Å². The Labute approximate surface area is 273 Å². The molecule has 4 aromatic rings. The molecule has 0 bridgehead atoms. The molecule has 10 nitrogen and oxygen atoms in total. The van der Waals surface area contributed by atoms with E-state index in [0.717, 1.165) is 57.8 Å². The molecule has 2 heterocycles. The Morgan fingerprint density at radius 2 is 1.74 bits per heavy atom. The zero-order valence-corrected chi connectivity index (χ0v) is 26.8. The van der Waals surface area contributed by atoms with E-state index in [-0.39, 0.29) is 30.6 Å². The summed E-state index contributed by atoms with van der Waals surface area (Å²) in [5, 5.41) is 22.9. The summed E-state index contributed by atoms with van der Waals surface area (Å²) in [4.78, 5) is 27.6. The fraction of sp³-hybridized carbons (Fsp3) is 0.371. The van der Waals surface area contributed by atoms with Gasteiger partial charge in [0.2, 0.25) is 11.8 Å². The molecule has 3 aromatic carbocycles. The van der Waals surface area contributed by atoms with Crippen LogP contribution in [0.4, 0.5) is 0 Å². The number of aliphatic hydroxyl groups is 1. The number of aliphatic hydroxyl groups excluding tert-OH is 1. The van der Waals surface area contributed by atoms with Crippen molar-refractivity contribution in [2.45, 2.75) is 75.8 Å². The van der Waals surface area contributed by atoms with Crippen molar-refractivity contribution < 1.29 is 24.2 Å². The molecule has 11 heteroatoms. The minimum Gasteiger partial charge on any atom is -0.392 e. The Morgan fingerprint density at radius 1 is 0.935 bits per heavy atom. The number of amides is 2. The average Bonchev–Trinajstić information content (AvgIpc) is 3.62. The van der Waals surface area contributed by atoms with Gasteiger partial charge in [0.1, 0.15) is 6.33 Å². The van der Waals surface area contributed by atoms with Crippen molar-refractivity contribution in [1.29, 1.82) is 0 Å². The lowest BCUT2D eigenvalue weighted by molar-refractivity contribution is -0.245. The third kappa shape index (κ3) is 9.98. The molecular weight excluding hydrogens is 602 g/mol. The molecule has 3 unspecified atom stereocenters. The van der Waals surface area contributed by atoms with Crippen LogP contribution in [0.2, 0.25) is 0 Å². The lowest BCUT2D eigenvalue weighted by Gasteiger charge is -2.36. The maximum Gasteiger partial charge on any atom is 0.220 e. The fourth-order valence-corrected chi connectivity index (χ4v) is 6.12. The van der Waals surface area contributed by atoms with Gasteiger partial charge in [-0.15, -0.1) is 0 Å². The summed E-state index contributed by atoms with van der Waals surface area (Å²) in [6, 6.07) is 24.2. The second-order valence-corrected chi connectivity index (χ2v) is 12.4. The maximum atomic E-state index is 12.4. The van der Waals surface area contributed by atoms with Crippen LogP contribution >= 0.6 is 11.8 Å². The van der Waals surface area contributed by atoms with E-state index in [0.29, 0.717) is 31.7 Å². The summed E-state index contributed by atoms with van der Waals surface area (Å²) in [5.41, 5.74) is 5.89. The highest BCUT2D eigenvalue weighted by atomic mass is 32.2. The summed E-state index contributed by atoms with van der Waals surface area (Å²) in [6.45, 7) is 2.60. The smallest absolute Gasteiger partial charge is 0.220 e. The molecule has 2 amide bonds. The van der Waals surface area contributed by atoms with E-state index in [9.17, 15) is 14.7 Å². The molecule has 242 valence electrons. The van der Waals surface area contributed by atoms with Crippen LogP contribution in [0.5, 0.6) is 0 Å². The number of benzene rings is 3. The molecule has 3 atom stereocenters. The fourth-order valence-electron chi connectivity index (χ4n) is 5.32. The van der Waals surface area contributed by atoms with Crippen LogP contribution in [0.1, 0.15) is 73.7 Å². The van der Waals surface area contributed by atoms with E-state index >= 15 is 0 Å². The van der Waals surface area contributed by atoms with Crippen LogP contribution in [0, 0.1) is 0 Å². The van der Waals surface area contributed by atoms with Crippen molar-refractivity contribution in [3.05, 3.63) is 101 Å². The quantitative estimate of drug-likeness (QED) is 0.0969. The van der Waals surface area contributed by atoms with E-state index in [2.05, 4.69) is 50.1 Å². The Morgan fingerprint density at radius 3 is 2.50 bits per heavy atom. The van der Waals surface area contributed by atoms with E-state index in [1.54, 1.807) is 11.8 Å². The maximum absolute atomic E-state index is 12.4. The molecule has 46 heavy (non-hydrogen) atoms. The van der Waals surface area contributed by atoms with Crippen LogP contribution in [-0.4, -0.2) is 50.5 Å². The number of H-pyrrole nitrogens is 1. The highest BCUT2D eigenvalue weighted by Gasteiger charge is 2.32. The first-order valence-corrected chi connectivity index (χ1v) is 16.6. The summed E-state index contributed by atoms with van der Waals surface area (Å²) < 4.78 is 13.0. The van der Waals surface area contributed by atoms with Crippen molar-refractivity contribution in [1.82, 2.24) is 25.8 Å². The Kier molecular flexibility index (Phi) is 12.4. The van der Waals surface area contributed by atoms with Gasteiger partial charge in [-0.05, 0) is 52.8 Å². The van der Waals surface area contributed by atoms with Gasteiger partial charge in [0, 0.05) is 44.2 Å². The second-order valence-electron chi connectivity index (χ2n) is 11.3. The van der Waals surface area contributed by atoms with Crippen LogP contribution in [0.15, 0.2) is 84.3 Å². The lowest BCUT2D eigenvalue weighted by atomic mass is 9.99. The number of nitrogens with zero attached hydrogens (tertiary/aromatic N) is 2. The highest BCUT2D eigenvalue weighted by molar-refractivity contribution is 7.99. The van der Waals surface area contributed by atoms with Crippen LogP contribution in [-0.2, 0) is 32.2 Å². The summed E-state index contributed by atoms with van der Waals surface area (Å²) in [7, 11) is 0. The Bertz CT molecular complexity index is 1550. The number of unbranched alkanes of at least 4 members (excludes halogenated alkanes) is 2. The SMILES string of the molecule is CC(=O)NCCCCCC(=O)NCc1cccc(-c2cccc(C3OC(CSc4ncn[nH]4)CC(c4ccc(CO)cc4)O3)c2)c1. The van der Waals surface area contributed by atoms with E-state index in [4.69, 9.17) is 9.47 Å². The zero-order valence-electron chi connectivity index (χ0n) is 26.0. The number of hydrogen-bond acceptors (Lipinski definition) is 8. The van der Waals surface area contributed by atoms with Gasteiger partial charge in [-0.2, -0.15) is 5.10 Å². The standard InChI is InChI=1S/C35H41N5O5S/c1-24(42)36-16-4-2-3-11-33(43)37-20-26-7-5-8-28(17-26)29-9-6-10-30(18-29)34-44-31(22-46-35-38-23-39-40-35)19-32(45-34)27-14-12-25(21-41)13-15-27/h5-10,12-15,17-18,23,31-32,34,41H,2-4,11,16,19-22H2,1H3,(H,36,42)(H,37,43)(H,38,39,40). The molecule has 1 aliphatic rings. The largest absolute Gasteiger partial charge is 0.392 e. The van der Waals surface area contributed by atoms with Gasteiger partial charge in [0.15, 0.2) is 11.4 Å². The van der Waals surface area contributed by atoms with Crippen LogP contribution in [0.3, 0.4) is 0 Å². The molecule has 4 N–H and O–H groups in total. The molecule has 1 aliphatic heterocycles. The van der Waals surface area contributed by atoms with Gasteiger partial charge in [-0.25, -0.2) is 4.98 Å². The normalized spacial score (nSPS) is 17.8. The summed E-state index contributed by atoms with van der Waals surface area (Å²) in [6.07, 6.45) is 4.35. The van der Waals surface area contributed by atoms with Gasteiger partial charge in [0.05, 0.1) is 18.8 Å².